The van der Waals surface area contributed by atoms with Gasteiger partial charge >= 0.3 is 0 Å². The standard InChI is InChI=1S/C15H7ClF2N2O2.CH5N/c16-11-2-1-8(17)5-9(11)15(22)14-10(6-19)13(20-7-21)4-3-12(14)18;1-2/h1-5,7H,(H,20,21);2H2,1H3. The minimum Gasteiger partial charge on any atom is -0.333 e. The van der Waals surface area contributed by atoms with Gasteiger partial charge < -0.3 is 11.1 Å². The highest BCUT2D eigenvalue weighted by Crippen LogP contribution is 2.27. The summed E-state index contributed by atoms with van der Waals surface area (Å²) < 4.78 is 27.3. The molecule has 3 N–H and O–H groups in total. The van der Waals surface area contributed by atoms with Gasteiger partial charge in [0.2, 0.25) is 6.41 Å². The van der Waals surface area contributed by atoms with Crippen LogP contribution in [0, 0.1) is 23.0 Å². The summed E-state index contributed by atoms with van der Waals surface area (Å²) >= 11 is 5.83. The van der Waals surface area contributed by atoms with E-state index in [-0.39, 0.29) is 28.2 Å². The molecule has 1 amide bonds. The van der Waals surface area contributed by atoms with Crippen molar-refractivity contribution in [1.29, 1.82) is 5.26 Å². The molecule has 0 radical (unpaired) electrons. The lowest BCUT2D eigenvalue weighted by Crippen LogP contribution is -2.11. The number of ketones is 1. The number of carbonyl (C=O) groups excluding carboxylic acids is 2. The summed E-state index contributed by atoms with van der Waals surface area (Å²) in [5.74, 6) is -2.65. The Balaban J connectivity index is 0.00000139. The van der Waals surface area contributed by atoms with Gasteiger partial charge in [-0.3, -0.25) is 9.59 Å². The van der Waals surface area contributed by atoms with Gasteiger partial charge in [-0.2, -0.15) is 5.26 Å². The smallest absolute Gasteiger partial charge is 0.211 e. The molecule has 0 heterocycles. The molecule has 0 aromatic heterocycles. The van der Waals surface area contributed by atoms with E-state index in [1.165, 1.54) is 7.05 Å². The van der Waals surface area contributed by atoms with Gasteiger partial charge in [-0.05, 0) is 37.4 Å². The highest BCUT2D eigenvalue weighted by molar-refractivity contribution is 6.35. The lowest BCUT2D eigenvalue weighted by atomic mass is 9.97. The van der Waals surface area contributed by atoms with E-state index in [0.717, 1.165) is 30.3 Å². The molecule has 0 saturated heterocycles. The van der Waals surface area contributed by atoms with Crippen LogP contribution in [-0.2, 0) is 4.79 Å². The Labute approximate surface area is 141 Å². The fraction of sp³-hybridized carbons (Fsp3) is 0.0625. The first kappa shape index (κ1) is 19.2. The second-order valence-corrected chi connectivity index (χ2v) is 4.58. The number of halogens is 3. The summed E-state index contributed by atoms with van der Waals surface area (Å²) in [6, 6.07) is 6.78. The van der Waals surface area contributed by atoms with Crippen LogP contribution in [0.1, 0.15) is 21.5 Å². The Bertz CT molecular complexity index is 820. The third-order valence-electron chi connectivity index (χ3n) is 2.88. The zero-order chi connectivity index (χ0) is 18.3. The Morgan fingerprint density at radius 3 is 2.54 bits per heavy atom. The predicted octanol–water partition coefficient (Wildman–Crippen LogP) is 2.86. The minimum atomic E-state index is -0.974. The number of hydrogen-bond donors (Lipinski definition) is 2. The third kappa shape index (κ3) is 3.93. The molecule has 0 fully saturated rings. The largest absolute Gasteiger partial charge is 0.333 e. The molecule has 0 bridgehead atoms. The highest BCUT2D eigenvalue weighted by Gasteiger charge is 2.23. The molecule has 0 spiro atoms. The highest BCUT2D eigenvalue weighted by atomic mass is 35.5. The van der Waals surface area contributed by atoms with Gasteiger partial charge in [0, 0.05) is 5.56 Å². The van der Waals surface area contributed by atoms with Crippen molar-refractivity contribution in [2.75, 3.05) is 12.4 Å². The van der Waals surface area contributed by atoms with Crippen LogP contribution in [0.25, 0.3) is 0 Å². The van der Waals surface area contributed by atoms with Gasteiger partial charge in [-0.1, -0.05) is 11.6 Å². The molecule has 0 atom stereocenters. The molecular formula is C16H12ClF2N3O2. The van der Waals surface area contributed by atoms with Crippen molar-refractivity contribution in [2.45, 2.75) is 0 Å². The van der Waals surface area contributed by atoms with Crippen LogP contribution in [0.5, 0.6) is 0 Å². The number of nitrogens with zero attached hydrogens (tertiary/aromatic N) is 1. The van der Waals surface area contributed by atoms with Crippen LogP contribution < -0.4 is 11.1 Å². The number of nitrogens with two attached hydrogens (primary N) is 1. The SMILES string of the molecule is CN.N#Cc1c(NC=O)ccc(F)c1C(=O)c1cc(F)ccc1Cl. The number of hydrogen-bond acceptors (Lipinski definition) is 4. The van der Waals surface area contributed by atoms with Crippen LogP contribution in [0.2, 0.25) is 5.02 Å². The molecule has 0 aliphatic rings. The fourth-order valence-corrected chi connectivity index (χ4v) is 2.11. The van der Waals surface area contributed by atoms with Crippen molar-refractivity contribution in [2.24, 2.45) is 5.73 Å². The molecule has 0 aliphatic heterocycles. The maximum absolute atomic E-state index is 14.0. The average Bonchev–Trinajstić information content (AvgIpc) is 2.59. The normalized spacial score (nSPS) is 9.33. The Hall–Kier alpha value is -2.82. The first-order valence-corrected chi connectivity index (χ1v) is 6.87. The van der Waals surface area contributed by atoms with E-state index in [4.69, 9.17) is 16.9 Å². The molecule has 2 aromatic carbocycles. The van der Waals surface area contributed by atoms with Crippen LogP contribution >= 0.6 is 11.6 Å². The molecule has 24 heavy (non-hydrogen) atoms. The molecule has 124 valence electrons. The fourth-order valence-electron chi connectivity index (χ4n) is 1.91. The van der Waals surface area contributed by atoms with E-state index in [0.29, 0.717) is 0 Å². The monoisotopic (exact) mass is 351 g/mol. The third-order valence-corrected chi connectivity index (χ3v) is 3.21. The van der Waals surface area contributed by atoms with Crippen LogP contribution in [0.15, 0.2) is 30.3 Å². The van der Waals surface area contributed by atoms with E-state index in [1.807, 2.05) is 0 Å². The van der Waals surface area contributed by atoms with Gasteiger partial charge in [0.15, 0.2) is 5.78 Å². The second kappa shape index (κ2) is 8.72. The zero-order valence-corrected chi connectivity index (χ0v) is 13.2. The number of carbonyl (C=O) groups is 2. The van der Waals surface area contributed by atoms with Crippen molar-refractivity contribution in [3.63, 3.8) is 0 Å². The van der Waals surface area contributed by atoms with E-state index in [1.54, 1.807) is 6.07 Å². The summed E-state index contributed by atoms with van der Waals surface area (Å²) in [4.78, 5) is 22.9. The maximum Gasteiger partial charge on any atom is 0.211 e. The summed E-state index contributed by atoms with van der Waals surface area (Å²) in [7, 11) is 1.50. The first-order chi connectivity index (χ1) is 11.5. The second-order valence-electron chi connectivity index (χ2n) is 4.17. The number of amides is 1. The number of anilines is 1. The van der Waals surface area contributed by atoms with E-state index >= 15 is 0 Å². The molecule has 2 aromatic rings. The molecule has 5 nitrogen and oxygen atoms in total. The molecule has 0 aliphatic carbocycles. The zero-order valence-electron chi connectivity index (χ0n) is 12.4. The van der Waals surface area contributed by atoms with Crippen molar-refractivity contribution >= 4 is 29.5 Å². The van der Waals surface area contributed by atoms with Crippen molar-refractivity contribution in [3.05, 3.63) is 63.7 Å². The van der Waals surface area contributed by atoms with E-state index < -0.39 is 23.0 Å². The van der Waals surface area contributed by atoms with Gasteiger partial charge in [0.25, 0.3) is 0 Å². The minimum absolute atomic E-state index is 0.0326. The van der Waals surface area contributed by atoms with Gasteiger partial charge in [-0.25, -0.2) is 8.78 Å². The number of nitriles is 1. The molecule has 0 saturated carbocycles. The number of benzene rings is 2. The van der Waals surface area contributed by atoms with Crippen LogP contribution in [0.3, 0.4) is 0 Å². The predicted molar refractivity (Wildman–Crippen MR) is 85.8 cm³/mol. The lowest BCUT2D eigenvalue weighted by Gasteiger charge is -2.10. The van der Waals surface area contributed by atoms with Crippen LogP contribution in [0.4, 0.5) is 14.5 Å². The van der Waals surface area contributed by atoms with E-state index in [9.17, 15) is 18.4 Å². The van der Waals surface area contributed by atoms with Gasteiger partial charge in [0.1, 0.15) is 17.7 Å². The number of rotatable bonds is 4. The molecule has 8 heteroatoms. The topological polar surface area (TPSA) is 96.0 Å². The molecule has 2 rings (SSSR count). The summed E-state index contributed by atoms with van der Waals surface area (Å²) in [6.07, 6.45) is 0.289. The lowest BCUT2D eigenvalue weighted by molar-refractivity contribution is -0.105. The first-order valence-electron chi connectivity index (χ1n) is 6.50. The number of nitrogens with one attached hydrogen (secondary N) is 1. The maximum atomic E-state index is 14.0. The summed E-state index contributed by atoms with van der Waals surface area (Å²) in [6.45, 7) is 0. The van der Waals surface area contributed by atoms with Crippen molar-refractivity contribution in [3.8, 4) is 6.07 Å². The molecular weight excluding hydrogens is 340 g/mol. The van der Waals surface area contributed by atoms with Crippen molar-refractivity contribution < 1.29 is 18.4 Å². The quantitative estimate of drug-likeness (QED) is 0.654. The summed E-state index contributed by atoms with van der Waals surface area (Å²) in [5.41, 5.74) is 3.24. The summed E-state index contributed by atoms with van der Waals surface area (Å²) in [5, 5.41) is 11.3. The molecule has 0 unspecified atom stereocenters. The van der Waals surface area contributed by atoms with Crippen molar-refractivity contribution in [1.82, 2.24) is 0 Å². The van der Waals surface area contributed by atoms with E-state index in [2.05, 4.69) is 11.1 Å². The van der Waals surface area contributed by atoms with Gasteiger partial charge in [0.05, 0.1) is 21.8 Å². The van der Waals surface area contributed by atoms with Crippen LogP contribution in [-0.4, -0.2) is 19.2 Å². The average molecular weight is 352 g/mol. The Morgan fingerprint density at radius 1 is 1.29 bits per heavy atom. The Morgan fingerprint density at radius 2 is 1.96 bits per heavy atom. The van der Waals surface area contributed by atoms with Gasteiger partial charge in [-0.15, -0.1) is 0 Å². The Kier molecular flexibility index (Phi) is 6.98.